The lowest BCUT2D eigenvalue weighted by molar-refractivity contribution is 0.141. The molecular weight excluding hydrogens is 228 g/mol. The monoisotopic (exact) mass is 242 g/mol. The highest BCUT2D eigenvalue weighted by molar-refractivity contribution is 6.32. The average molecular weight is 243 g/mol. The average Bonchev–Trinajstić information content (AvgIpc) is 2.75. The molecule has 0 amide bonds. The summed E-state index contributed by atoms with van der Waals surface area (Å²) in [6.45, 7) is 1.52. The molecule has 0 spiro atoms. The van der Waals surface area contributed by atoms with Crippen LogP contribution in [0.3, 0.4) is 0 Å². The van der Waals surface area contributed by atoms with Gasteiger partial charge in [0.1, 0.15) is 11.9 Å². The number of halogens is 1. The van der Waals surface area contributed by atoms with E-state index >= 15 is 0 Å². The van der Waals surface area contributed by atoms with Crippen molar-refractivity contribution < 1.29 is 14.6 Å². The van der Waals surface area contributed by atoms with E-state index < -0.39 is 0 Å². The molecule has 1 aromatic rings. The first-order valence-electron chi connectivity index (χ1n) is 5.43. The minimum Gasteiger partial charge on any atom is -0.486 e. The van der Waals surface area contributed by atoms with Crippen molar-refractivity contribution in [1.82, 2.24) is 0 Å². The minimum absolute atomic E-state index is 0.112. The zero-order chi connectivity index (χ0) is 11.4. The van der Waals surface area contributed by atoms with Crippen molar-refractivity contribution in [2.45, 2.75) is 18.9 Å². The van der Waals surface area contributed by atoms with Gasteiger partial charge in [0.15, 0.2) is 0 Å². The predicted octanol–water partition coefficient (Wildman–Crippen LogP) is 2.04. The van der Waals surface area contributed by atoms with Gasteiger partial charge in [-0.25, -0.2) is 0 Å². The number of hydrogen-bond acceptors (Lipinski definition) is 3. The lowest BCUT2D eigenvalue weighted by Gasteiger charge is -2.13. The quantitative estimate of drug-likeness (QED) is 0.878. The minimum atomic E-state index is 0.112. The molecule has 1 aromatic carbocycles. The summed E-state index contributed by atoms with van der Waals surface area (Å²) in [5, 5.41) is 9.41. The van der Waals surface area contributed by atoms with Crippen LogP contribution in [0.4, 0.5) is 0 Å². The number of rotatable bonds is 4. The molecule has 4 heteroatoms. The number of benzene rings is 1. The third-order valence-corrected chi connectivity index (χ3v) is 2.87. The maximum Gasteiger partial charge on any atom is 0.138 e. The summed E-state index contributed by atoms with van der Waals surface area (Å²) in [6.07, 6.45) is 1.64. The molecule has 0 saturated carbocycles. The zero-order valence-electron chi connectivity index (χ0n) is 8.99. The summed E-state index contributed by atoms with van der Waals surface area (Å²) in [4.78, 5) is 0. The van der Waals surface area contributed by atoms with E-state index in [9.17, 15) is 0 Å². The van der Waals surface area contributed by atoms with E-state index in [0.717, 1.165) is 18.6 Å². The summed E-state index contributed by atoms with van der Waals surface area (Å²) in [5.41, 5.74) is 1.02. The fourth-order valence-electron chi connectivity index (χ4n) is 1.71. The van der Waals surface area contributed by atoms with Crippen LogP contribution < -0.4 is 4.74 Å². The molecule has 0 aromatic heterocycles. The normalized spacial score (nSPS) is 20.0. The first-order valence-corrected chi connectivity index (χ1v) is 5.81. The van der Waals surface area contributed by atoms with Crippen LogP contribution in [0.2, 0.25) is 5.02 Å². The number of aliphatic hydroxyl groups excluding tert-OH is 1. The van der Waals surface area contributed by atoms with Gasteiger partial charge in [0.05, 0.1) is 18.2 Å². The third kappa shape index (κ3) is 2.88. The molecule has 1 fully saturated rings. The standard InChI is InChI=1S/C12H15ClO3/c13-11-7-9(3-5-14)1-2-12(11)16-10-4-6-15-8-10/h1-2,7,10,14H,3-6,8H2. The van der Waals surface area contributed by atoms with Crippen LogP contribution in [0.5, 0.6) is 5.75 Å². The van der Waals surface area contributed by atoms with E-state index in [1.165, 1.54) is 0 Å². The Morgan fingerprint density at radius 3 is 3.00 bits per heavy atom. The Morgan fingerprint density at radius 2 is 2.38 bits per heavy atom. The number of hydrogen-bond donors (Lipinski definition) is 1. The Morgan fingerprint density at radius 1 is 1.50 bits per heavy atom. The van der Waals surface area contributed by atoms with Crippen molar-refractivity contribution in [3.8, 4) is 5.75 Å². The molecule has 0 aliphatic carbocycles. The van der Waals surface area contributed by atoms with Crippen molar-refractivity contribution >= 4 is 11.6 Å². The van der Waals surface area contributed by atoms with Gasteiger partial charge in [0.25, 0.3) is 0 Å². The van der Waals surface area contributed by atoms with Crippen LogP contribution in [0.25, 0.3) is 0 Å². The van der Waals surface area contributed by atoms with Gasteiger partial charge < -0.3 is 14.6 Å². The van der Waals surface area contributed by atoms with E-state index in [0.29, 0.717) is 23.8 Å². The summed E-state index contributed by atoms with van der Waals surface area (Å²) in [6, 6.07) is 5.61. The molecule has 1 N–H and O–H groups in total. The first-order chi connectivity index (χ1) is 7.79. The van der Waals surface area contributed by atoms with Crippen molar-refractivity contribution in [3.05, 3.63) is 28.8 Å². The summed E-state index contributed by atoms with van der Waals surface area (Å²) in [5.74, 6) is 0.693. The van der Waals surface area contributed by atoms with E-state index in [1.54, 1.807) is 0 Å². The van der Waals surface area contributed by atoms with E-state index in [2.05, 4.69) is 0 Å². The lowest BCUT2D eigenvalue weighted by atomic mass is 10.1. The molecule has 1 unspecified atom stereocenters. The Bertz CT molecular complexity index is 348. The molecule has 1 saturated heterocycles. The molecule has 1 heterocycles. The molecule has 2 rings (SSSR count). The SMILES string of the molecule is OCCc1ccc(OC2CCOC2)c(Cl)c1. The van der Waals surface area contributed by atoms with Crippen LogP contribution in [-0.2, 0) is 11.2 Å². The second-order valence-corrected chi connectivity index (χ2v) is 4.25. The molecular formula is C12H15ClO3. The van der Waals surface area contributed by atoms with E-state index in [-0.39, 0.29) is 12.7 Å². The first kappa shape index (κ1) is 11.7. The Balaban J connectivity index is 2.03. The van der Waals surface area contributed by atoms with Gasteiger partial charge in [0, 0.05) is 13.0 Å². The molecule has 16 heavy (non-hydrogen) atoms. The molecule has 0 radical (unpaired) electrons. The van der Waals surface area contributed by atoms with Gasteiger partial charge in [-0.05, 0) is 24.1 Å². The van der Waals surface area contributed by atoms with Gasteiger partial charge in [-0.3, -0.25) is 0 Å². The van der Waals surface area contributed by atoms with Crippen LogP contribution in [-0.4, -0.2) is 31.0 Å². The number of aliphatic hydroxyl groups is 1. The van der Waals surface area contributed by atoms with Gasteiger partial charge in [-0.2, -0.15) is 0 Å². The molecule has 1 atom stereocenters. The second kappa shape index (κ2) is 5.53. The van der Waals surface area contributed by atoms with Crippen molar-refractivity contribution in [2.75, 3.05) is 19.8 Å². The highest BCUT2D eigenvalue weighted by Gasteiger charge is 2.18. The summed E-state index contributed by atoms with van der Waals surface area (Å²) < 4.78 is 11.0. The molecule has 1 aliphatic rings. The van der Waals surface area contributed by atoms with Gasteiger partial charge in [0.2, 0.25) is 0 Å². The maximum absolute atomic E-state index is 8.82. The largest absolute Gasteiger partial charge is 0.486 e. The summed E-state index contributed by atoms with van der Waals surface area (Å²) >= 11 is 6.10. The highest BCUT2D eigenvalue weighted by Crippen LogP contribution is 2.27. The van der Waals surface area contributed by atoms with Crippen LogP contribution in [0.15, 0.2) is 18.2 Å². The molecule has 88 valence electrons. The van der Waals surface area contributed by atoms with E-state index in [1.807, 2.05) is 18.2 Å². The third-order valence-electron chi connectivity index (χ3n) is 2.58. The fraction of sp³-hybridized carbons (Fsp3) is 0.500. The maximum atomic E-state index is 8.82. The number of ether oxygens (including phenoxy) is 2. The lowest BCUT2D eigenvalue weighted by Crippen LogP contribution is -2.15. The highest BCUT2D eigenvalue weighted by atomic mass is 35.5. The second-order valence-electron chi connectivity index (χ2n) is 3.84. The van der Waals surface area contributed by atoms with Crippen molar-refractivity contribution in [1.29, 1.82) is 0 Å². The molecule has 3 nitrogen and oxygen atoms in total. The zero-order valence-corrected chi connectivity index (χ0v) is 9.74. The Kier molecular flexibility index (Phi) is 4.04. The fourth-order valence-corrected chi connectivity index (χ4v) is 1.96. The predicted molar refractivity (Wildman–Crippen MR) is 62.1 cm³/mol. The molecule has 1 aliphatic heterocycles. The smallest absolute Gasteiger partial charge is 0.138 e. The summed E-state index contributed by atoms with van der Waals surface area (Å²) in [7, 11) is 0. The van der Waals surface area contributed by atoms with E-state index in [4.69, 9.17) is 26.2 Å². The topological polar surface area (TPSA) is 38.7 Å². The van der Waals surface area contributed by atoms with Crippen LogP contribution in [0.1, 0.15) is 12.0 Å². The van der Waals surface area contributed by atoms with Gasteiger partial charge >= 0.3 is 0 Å². The van der Waals surface area contributed by atoms with Crippen LogP contribution in [0, 0.1) is 0 Å². The van der Waals surface area contributed by atoms with Crippen molar-refractivity contribution in [2.24, 2.45) is 0 Å². The molecule has 0 bridgehead atoms. The van der Waals surface area contributed by atoms with Crippen molar-refractivity contribution in [3.63, 3.8) is 0 Å². The van der Waals surface area contributed by atoms with Gasteiger partial charge in [-0.1, -0.05) is 17.7 Å². The van der Waals surface area contributed by atoms with Crippen LogP contribution >= 0.6 is 11.6 Å². The Labute approximate surface area is 99.9 Å². The Hall–Kier alpha value is -0.770. The van der Waals surface area contributed by atoms with Gasteiger partial charge in [-0.15, -0.1) is 0 Å².